The molecule has 3 aromatic heterocycles. The van der Waals surface area contributed by atoms with Gasteiger partial charge in [-0.15, -0.1) is 32.9 Å². The van der Waals surface area contributed by atoms with Gasteiger partial charge in [-0.05, 0) is 45.2 Å². The van der Waals surface area contributed by atoms with E-state index in [1.807, 2.05) is 25.3 Å². The quantitative estimate of drug-likeness (QED) is 0.358. The highest BCUT2D eigenvalue weighted by Crippen LogP contribution is 2.34. The van der Waals surface area contributed by atoms with E-state index >= 15 is 0 Å². The molecule has 0 aliphatic rings. The number of carbonyl (C=O) groups excluding carboxylic acids is 2. The number of aromatic nitrogens is 3. The summed E-state index contributed by atoms with van der Waals surface area (Å²) in [4.78, 5) is 27.0. The van der Waals surface area contributed by atoms with Crippen LogP contribution in [-0.4, -0.2) is 39.5 Å². The van der Waals surface area contributed by atoms with Crippen LogP contribution in [0.3, 0.4) is 0 Å². The SMILES string of the molecule is CCc1c(-c2nnc(SCC(=O)Nc3sc(C)c(C)c3C(=O)OC)n2CC)csc1C. The maximum Gasteiger partial charge on any atom is 0.341 e. The van der Waals surface area contributed by atoms with Gasteiger partial charge in [0.1, 0.15) is 5.00 Å². The summed E-state index contributed by atoms with van der Waals surface area (Å²) >= 11 is 4.43. The molecule has 3 rings (SSSR count). The van der Waals surface area contributed by atoms with E-state index in [0.29, 0.717) is 22.3 Å². The van der Waals surface area contributed by atoms with Gasteiger partial charge in [-0.2, -0.15) is 0 Å². The van der Waals surface area contributed by atoms with E-state index in [1.54, 1.807) is 11.3 Å². The zero-order valence-electron chi connectivity index (χ0n) is 18.5. The number of anilines is 1. The van der Waals surface area contributed by atoms with Crippen LogP contribution in [0.2, 0.25) is 0 Å². The highest BCUT2D eigenvalue weighted by atomic mass is 32.2. The Morgan fingerprint density at radius 2 is 1.94 bits per heavy atom. The second-order valence-corrected chi connectivity index (χ2v) is 10.2. The monoisotopic (exact) mass is 478 g/mol. The number of ether oxygens (including phenoxy) is 1. The van der Waals surface area contributed by atoms with Gasteiger partial charge in [0.15, 0.2) is 11.0 Å². The molecule has 10 heteroatoms. The third kappa shape index (κ3) is 4.70. The molecule has 0 saturated carbocycles. The lowest BCUT2D eigenvalue weighted by Gasteiger charge is -2.09. The van der Waals surface area contributed by atoms with Crippen LogP contribution in [0, 0.1) is 20.8 Å². The van der Waals surface area contributed by atoms with Crippen LogP contribution in [0.4, 0.5) is 5.00 Å². The van der Waals surface area contributed by atoms with Crippen LogP contribution < -0.4 is 5.32 Å². The molecule has 0 aliphatic carbocycles. The molecule has 3 heterocycles. The minimum absolute atomic E-state index is 0.165. The molecule has 31 heavy (non-hydrogen) atoms. The summed E-state index contributed by atoms with van der Waals surface area (Å²) in [5, 5.41) is 14.9. The van der Waals surface area contributed by atoms with Gasteiger partial charge in [-0.1, -0.05) is 18.7 Å². The minimum atomic E-state index is -0.446. The van der Waals surface area contributed by atoms with Crippen LogP contribution in [0.25, 0.3) is 11.4 Å². The number of thioether (sulfide) groups is 1. The molecule has 0 unspecified atom stereocenters. The first kappa shape index (κ1) is 23.5. The average molecular weight is 479 g/mol. The Morgan fingerprint density at radius 1 is 1.19 bits per heavy atom. The van der Waals surface area contributed by atoms with Crippen molar-refractivity contribution < 1.29 is 14.3 Å². The Morgan fingerprint density at radius 3 is 2.58 bits per heavy atom. The summed E-state index contributed by atoms with van der Waals surface area (Å²) in [5.41, 5.74) is 3.65. The molecule has 0 atom stereocenters. The number of rotatable bonds is 8. The van der Waals surface area contributed by atoms with E-state index < -0.39 is 5.97 Å². The summed E-state index contributed by atoms with van der Waals surface area (Å²) in [6.07, 6.45) is 0.939. The van der Waals surface area contributed by atoms with E-state index in [4.69, 9.17) is 4.74 Å². The molecule has 166 valence electrons. The number of carbonyl (C=O) groups is 2. The predicted molar refractivity (Wildman–Crippen MR) is 128 cm³/mol. The van der Waals surface area contributed by atoms with E-state index in [1.165, 1.54) is 40.6 Å². The lowest BCUT2D eigenvalue weighted by molar-refractivity contribution is -0.113. The summed E-state index contributed by atoms with van der Waals surface area (Å²) in [5.74, 6) is 0.351. The van der Waals surface area contributed by atoms with Gasteiger partial charge in [-0.3, -0.25) is 4.79 Å². The maximum absolute atomic E-state index is 12.6. The maximum atomic E-state index is 12.6. The van der Waals surface area contributed by atoms with Gasteiger partial charge in [0.05, 0.1) is 18.4 Å². The van der Waals surface area contributed by atoms with Crippen molar-refractivity contribution in [1.29, 1.82) is 0 Å². The molecule has 0 aliphatic heterocycles. The van der Waals surface area contributed by atoms with Gasteiger partial charge in [0.2, 0.25) is 5.91 Å². The Bertz CT molecular complexity index is 1110. The second kappa shape index (κ2) is 9.97. The number of aryl methyl sites for hydroxylation is 2. The Labute approximate surface area is 194 Å². The van der Waals surface area contributed by atoms with Gasteiger partial charge in [-0.25, -0.2) is 4.79 Å². The Balaban J connectivity index is 1.75. The van der Waals surface area contributed by atoms with Crippen LogP contribution in [0.1, 0.15) is 45.1 Å². The number of nitrogens with zero attached hydrogens (tertiary/aromatic N) is 3. The van der Waals surface area contributed by atoms with Crippen molar-refractivity contribution in [2.24, 2.45) is 0 Å². The van der Waals surface area contributed by atoms with Crippen molar-refractivity contribution in [3.8, 4) is 11.4 Å². The van der Waals surface area contributed by atoms with Crippen LogP contribution in [0.5, 0.6) is 0 Å². The molecular formula is C21H26N4O3S3. The molecule has 0 saturated heterocycles. The van der Waals surface area contributed by atoms with Crippen LogP contribution in [0.15, 0.2) is 10.5 Å². The fourth-order valence-electron chi connectivity index (χ4n) is 3.34. The van der Waals surface area contributed by atoms with Crippen LogP contribution in [-0.2, 0) is 22.5 Å². The van der Waals surface area contributed by atoms with Crippen molar-refractivity contribution in [2.75, 3.05) is 18.2 Å². The van der Waals surface area contributed by atoms with Gasteiger partial charge in [0.25, 0.3) is 0 Å². The fraction of sp³-hybridized carbons (Fsp3) is 0.429. The first-order valence-corrected chi connectivity index (χ1v) is 12.6. The fourth-order valence-corrected chi connectivity index (χ4v) is 6.15. The highest BCUT2D eigenvalue weighted by molar-refractivity contribution is 7.99. The highest BCUT2D eigenvalue weighted by Gasteiger charge is 2.22. The number of nitrogens with one attached hydrogen (secondary N) is 1. The summed E-state index contributed by atoms with van der Waals surface area (Å²) in [6, 6.07) is 0. The van der Waals surface area contributed by atoms with Crippen molar-refractivity contribution in [3.05, 3.63) is 31.8 Å². The molecule has 0 aromatic carbocycles. The molecule has 0 spiro atoms. The van der Waals surface area contributed by atoms with Crippen LogP contribution >= 0.6 is 34.4 Å². The predicted octanol–water partition coefficient (Wildman–Crippen LogP) is 5.09. The third-order valence-corrected chi connectivity index (χ3v) is 8.13. The molecule has 0 bridgehead atoms. The normalized spacial score (nSPS) is 11.0. The minimum Gasteiger partial charge on any atom is -0.465 e. The van der Waals surface area contributed by atoms with Crippen molar-refractivity contribution >= 4 is 51.3 Å². The number of hydrogen-bond donors (Lipinski definition) is 1. The van der Waals surface area contributed by atoms with Gasteiger partial charge < -0.3 is 14.6 Å². The first-order chi connectivity index (χ1) is 14.8. The van der Waals surface area contributed by atoms with Crippen molar-refractivity contribution in [1.82, 2.24) is 14.8 Å². The molecule has 1 amide bonds. The van der Waals surface area contributed by atoms with E-state index in [9.17, 15) is 9.59 Å². The molecule has 0 fully saturated rings. The standard InChI is InChI=1S/C21H26N4O3S3/c1-7-14-13(5)29-9-15(14)18-23-24-21(25(18)8-2)30-10-16(26)22-19-17(20(27)28-6)11(3)12(4)31-19/h9H,7-8,10H2,1-6H3,(H,22,26). The molecule has 7 nitrogen and oxygen atoms in total. The van der Waals surface area contributed by atoms with Crippen molar-refractivity contribution in [3.63, 3.8) is 0 Å². The second-order valence-electron chi connectivity index (χ2n) is 6.90. The lowest BCUT2D eigenvalue weighted by Crippen LogP contribution is -2.16. The van der Waals surface area contributed by atoms with E-state index in [-0.39, 0.29) is 11.7 Å². The first-order valence-electron chi connectivity index (χ1n) is 9.93. The topological polar surface area (TPSA) is 86.1 Å². The number of thiophene rings is 2. The van der Waals surface area contributed by atoms with Crippen molar-refractivity contribution in [2.45, 2.75) is 52.7 Å². The molecule has 0 radical (unpaired) electrons. The number of methoxy groups -OCH3 is 1. The Hall–Kier alpha value is -2.17. The summed E-state index contributed by atoms with van der Waals surface area (Å²) in [7, 11) is 1.34. The average Bonchev–Trinajstić information content (AvgIpc) is 3.40. The number of esters is 1. The molecule has 3 aromatic rings. The Kier molecular flexibility index (Phi) is 7.55. The third-order valence-electron chi connectivity index (χ3n) is 5.09. The smallest absolute Gasteiger partial charge is 0.341 e. The van der Waals surface area contributed by atoms with Gasteiger partial charge in [0, 0.05) is 27.2 Å². The summed E-state index contributed by atoms with van der Waals surface area (Å²) in [6.45, 7) is 10.8. The van der Waals surface area contributed by atoms with E-state index in [0.717, 1.165) is 28.2 Å². The molecular weight excluding hydrogens is 452 g/mol. The largest absolute Gasteiger partial charge is 0.465 e. The number of amides is 1. The zero-order valence-corrected chi connectivity index (χ0v) is 20.9. The molecule has 1 N–H and O–H groups in total. The summed E-state index contributed by atoms with van der Waals surface area (Å²) < 4.78 is 6.91. The van der Waals surface area contributed by atoms with E-state index in [2.05, 4.69) is 34.7 Å². The number of hydrogen-bond acceptors (Lipinski definition) is 8. The van der Waals surface area contributed by atoms with Gasteiger partial charge >= 0.3 is 5.97 Å². The zero-order chi connectivity index (χ0) is 22.7. The lowest BCUT2D eigenvalue weighted by atomic mass is 10.1.